The van der Waals surface area contributed by atoms with E-state index in [1.165, 1.54) is 6.08 Å². The van der Waals surface area contributed by atoms with Crippen molar-refractivity contribution in [2.45, 2.75) is 36.1 Å². The van der Waals surface area contributed by atoms with Gasteiger partial charge in [0.25, 0.3) is 0 Å². The molecular weight excluding hydrogens is 362 g/mol. The monoisotopic (exact) mass is 383 g/mol. The highest BCUT2D eigenvalue weighted by Crippen LogP contribution is 2.56. The van der Waals surface area contributed by atoms with Gasteiger partial charge in [0.1, 0.15) is 0 Å². The highest BCUT2D eigenvalue weighted by Gasteiger charge is 2.56. The van der Waals surface area contributed by atoms with Gasteiger partial charge in [-0.15, -0.1) is 0 Å². The molecule has 0 amide bonds. The number of rotatable bonds is 3. The lowest BCUT2D eigenvalue weighted by atomic mass is 9.80. The van der Waals surface area contributed by atoms with Crippen molar-refractivity contribution >= 4 is 16.0 Å². The van der Waals surface area contributed by atoms with Gasteiger partial charge in [0.15, 0.2) is 0 Å². The summed E-state index contributed by atoms with van der Waals surface area (Å²) in [5, 5.41) is 0. The Kier molecular flexibility index (Phi) is 4.01. The Morgan fingerprint density at radius 2 is 1.74 bits per heavy atom. The zero-order chi connectivity index (χ0) is 19.3. The minimum atomic E-state index is -3.60. The maximum absolute atomic E-state index is 12.8. The number of allylic oxidation sites excluding steroid dienone is 1. The molecule has 1 aliphatic carbocycles. The van der Waals surface area contributed by atoms with Gasteiger partial charge in [-0.05, 0) is 36.1 Å². The molecule has 6 heteroatoms. The van der Waals surface area contributed by atoms with Crippen molar-refractivity contribution in [3.63, 3.8) is 0 Å². The first-order valence-electron chi connectivity index (χ1n) is 8.92. The lowest BCUT2D eigenvalue weighted by Gasteiger charge is -2.28. The van der Waals surface area contributed by atoms with Crippen LogP contribution in [0.15, 0.2) is 65.6 Å². The minimum absolute atomic E-state index is 0.313. The van der Waals surface area contributed by atoms with Crippen molar-refractivity contribution in [3.05, 3.63) is 77.4 Å². The molecule has 1 heterocycles. The van der Waals surface area contributed by atoms with Crippen LogP contribution < -0.4 is 4.72 Å². The molecule has 0 saturated carbocycles. The van der Waals surface area contributed by atoms with Crippen molar-refractivity contribution in [1.29, 1.82) is 0 Å². The van der Waals surface area contributed by atoms with Crippen LogP contribution in [0.25, 0.3) is 0 Å². The fraction of sp³-hybridized carbons (Fsp3) is 0.286. The molecule has 2 aromatic rings. The van der Waals surface area contributed by atoms with Gasteiger partial charge in [0.2, 0.25) is 10.0 Å². The summed E-state index contributed by atoms with van der Waals surface area (Å²) in [6, 6.07) is 14.9. The van der Waals surface area contributed by atoms with E-state index in [1.54, 1.807) is 19.1 Å². The summed E-state index contributed by atoms with van der Waals surface area (Å²) in [4.78, 5) is 12.2. The van der Waals surface area contributed by atoms with Gasteiger partial charge < -0.3 is 4.74 Å². The third-order valence-corrected chi connectivity index (χ3v) is 7.01. The Labute approximate surface area is 159 Å². The average Bonchev–Trinajstić information content (AvgIpc) is 3.03. The summed E-state index contributed by atoms with van der Waals surface area (Å²) in [5.41, 5.74) is 1.34. The fourth-order valence-electron chi connectivity index (χ4n) is 4.41. The van der Waals surface area contributed by atoms with Crippen LogP contribution in [0.1, 0.15) is 37.0 Å². The van der Waals surface area contributed by atoms with E-state index in [-0.39, 0.29) is 0 Å². The van der Waals surface area contributed by atoms with Crippen LogP contribution in [0.2, 0.25) is 0 Å². The zero-order valence-corrected chi connectivity index (χ0v) is 16.0. The lowest BCUT2D eigenvalue weighted by molar-refractivity contribution is -0.137. The molecule has 0 bridgehead atoms. The third-order valence-electron chi connectivity index (χ3n) is 5.45. The second-order valence-electron chi connectivity index (χ2n) is 7.23. The Morgan fingerprint density at radius 1 is 1.11 bits per heavy atom. The second-order valence-corrected chi connectivity index (χ2v) is 8.88. The van der Waals surface area contributed by atoms with E-state index < -0.39 is 26.9 Å². The first kappa shape index (κ1) is 17.9. The summed E-state index contributed by atoms with van der Waals surface area (Å²) in [6.07, 6.45) is 3.76. The molecule has 2 atom stereocenters. The van der Waals surface area contributed by atoms with E-state index in [2.05, 4.69) is 4.72 Å². The standard InChI is InChI=1S/C21H21NO4S/c1-3-26-19(23)12-13-20(2)14-21(16-9-5-4-8-15(16)20)17-10-6-7-11-18(17)27(24,25)22-21/h4-13,22H,3,14H2,1-2H3/b13-12+/t20-,21+/m0/s1. The molecule has 0 aromatic heterocycles. The van der Waals surface area contributed by atoms with Crippen molar-refractivity contribution in [2.75, 3.05) is 6.61 Å². The molecule has 1 spiro atoms. The Morgan fingerprint density at radius 3 is 2.44 bits per heavy atom. The van der Waals surface area contributed by atoms with Crippen LogP contribution in [0.5, 0.6) is 0 Å². The van der Waals surface area contributed by atoms with Gasteiger partial charge in [0.05, 0.1) is 17.0 Å². The predicted molar refractivity (Wildman–Crippen MR) is 102 cm³/mol. The van der Waals surface area contributed by atoms with Gasteiger partial charge in [-0.3, -0.25) is 0 Å². The molecule has 1 N–H and O–H groups in total. The number of carbonyl (C=O) groups is 1. The van der Waals surface area contributed by atoms with E-state index in [9.17, 15) is 13.2 Å². The predicted octanol–water partition coefficient (Wildman–Crippen LogP) is 3.00. The maximum atomic E-state index is 12.8. The molecule has 2 aliphatic rings. The highest BCUT2D eigenvalue weighted by molar-refractivity contribution is 7.89. The Bertz CT molecular complexity index is 1060. The Hall–Kier alpha value is -2.44. The first-order valence-corrected chi connectivity index (χ1v) is 10.4. The summed E-state index contributed by atoms with van der Waals surface area (Å²) in [6.45, 7) is 4.09. The van der Waals surface area contributed by atoms with Crippen LogP contribution >= 0.6 is 0 Å². The summed E-state index contributed by atoms with van der Waals surface area (Å²) >= 11 is 0. The number of fused-ring (bicyclic) bond motifs is 4. The number of benzene rings is 2. The van der Waals surface area contributed by atoms with E-state index in [0.717, 1.165) is 16.7 Å². The number of hydrogen-bond acceptors (Lipinski definition) is 4. The summed E-state index contributed by atoms with van der Waals surface area (Å²) in [7, 11) is -3.60. The van der Waals surface area contributed by atoms with E-state index in [1.807, 2.05) is 49.4 Å². The molecule has 2 aromatic carbocycles. The molecule has 27 heavy (non-hydrogen) atoms. The van der Waals surface area contributed by atoms with Gasteiger partial charge in [-0.1, -0.05) is 55.5 Å². The number of esters is 1. The first-order chi connectivity index (χ1) is 12.8. The van der Waals surface area contributed by atoms with Crippen LogP contribution in [0.3, 0.4) is 0 Å². The third kappa shape index (κ3) is 2.63. The van der Waals surface area contributed by atoms with Gasteiger partial charge in [-0.25, -0.2) is 13.2 Å². The lowest BCUT2D eigenvalue weighted by Crippen LogP contribution is -2.39. The van der Waals surface area contributed by atoms with Gasteiger partial charge in [-0.2, -0.15) is 4.72 Å². The van der Waals surface area contributed by atoms with Crippen molar-refractivity contribution in [1.82, 2.24) is 4.72 Å². The smallest absolute Gasteiger partial charge is 0.330 e. The van der Waals surface area contributed by atoms with Crippen LogP contribution in [0, 0.1) is 0 Å². The number of sulfonamides is 1. The molecule has 0 radical (unpaired) electrons. The summed E-state index contributed by atoms with van der Waals surface area (Å²) in [5.74, 6) is -0.399. The number of ether oxygens (including phenoxy) is 1. The van der Waals surface area contributed by atoms with Crippen LogP contribution in [0.4, 0.5) is 0 Å². The molecule has 0 saturated heterocycles. The number of hydrogen-bond donors (Lipinski definition) is 1. The van der Waals surface area contributed by atoms with Crippen molar-refractivity contribution in [2.24, 2.45) is 0 Å². The molecular formula is C21H21NO4S. The molecule has 1 aliphatic heterocycles. The summed E-state index contributed by atoms with van der Waals surface area (Å²) < 4.78 is 33.5. The molecule has 5 nitrogen and oxygen atoms in total. The molecule has 4 rings (SSSR count). The van der Waals surface area contributed by atoms with Crippen LogP contribution in [-0.2, 0) is 30.5 Å². The largest absolute Gasteiger partial charge is 0.463 e. The quantitative estimate of drug-likeness (QED) is 0.653. The maximum Gasteiger partial charge on any atom is 0.330 e. The van der Waals surface area contributed by atoms with Crippen LogP contribution in [-0.4, -0.2) is 21.0 Å². The normalized spacial score (nSPS) is 27.6. The zero-order valence-electron chi connectivity index (χ0n) is 15.2. The SMILES string of the molecule is CCOC(=O)/C=C/[C@@]1(C)C[C@@]2(NS(=O)(=O)c3ccccc32)c2ccccc21. The van der Waals surface area contributed by atoms with E-state index >= 15 is 0 Å². The second kappa shape index (κ2) is 6.04. The van der Waals surface area contributed by atoms with Gasteiger partial charge >= 0.3 is 5.97 Å². The minimum Gasteiger partial charge on any atom is -0.463 e. The number of carbonyl (C=O) groups excluding carboxylic acids is 1. The van der Waals surface area contributed by atoms with Crippen molar-refractivity contribution in [3.8, 4) is 0 Å². The van der Waals surface area contributed by atoms with Crippen molar-refractivity contribution < 1.29 is 17.9 Å². The molecule has 140 valence electrons. The van der Waals surface area contributed by atoms with E-state index in [4.69, 9.17) is 4.74 Å². The molecule has 0 fully saturated rings. The topological polar surface area (TPSA) is 72.5 Å². The van der Waals surface area contributed by atoms with E-state index in [0.29, 0.717) is 17.9 Å². The average molecular weight is 383 g/mol. The Balaban J connectivity index is 1.88. The van der Waals surface area contributed by atoms with Gasteiger partial charge in [0, 0.05) is 11.5 Å². The fourth-order valence-corrected chi connectivity index (χ4v) is 6.06. The number of nitrogens with one attached hydrogen (secondary N) is 1. The molecule has 0 unspecified atom stereocenters. The highest BCUT2D eigenvalue weighted by atomic mass is 32.2.